The third-order valence-corrected chi connectivity index (χ3v) is 3.21. The van der Waals surface area contributed by atoms with Gasteiger partial charge in [-0.3, -0.25) is 9.59 Å². The summed E-state index contributed by atoms with van der Waals surface area (Å²) in [6, 6.07) is 15.4. The maximum absolute atomic E-state index is 12.0. The van der Waals surface area contributed by atoms with Crippen LogP contribution in [0.4, 0.5) is 5.69 Å². The molecule has 0 aliphatic rings. The van der Waals surface area contributed by atoms with Crippen LogP contribution in [0.3, 0.4) is 0 Å². The van der Waals surface area contributed by atoms with Gasteiger partial charge in [0.2, 0.25) is 11.8 Å². The van der Waals surface area contributed by atoms with Crippen LogP contribution in [0.1, 0.15) is 21.3 Å². The summed E-state index contributed by atoms with van der Waals surface area (Å²) in [5.74, 6) is -0.841. The van der Waals surface area contributed by atoms with Gasteiger partial charge < -0.3 is 11.1 Å². The van der Waals surface area contributed by atoms with Crippen LogP contribution in [0.25, 0.3) is 0 Å². The van der Waals surface area contributed by atoms with Gasteiger partial charge in [0.25, 0.3) is 0 Å². The summed E-state index contributed by atoms with van der Waals surface area (Å²) < 4.78 is 0. The number of hydrogen-bond acceptors (Lipinski definition) is 2. The van der Waals surface area contributed by atoms with E-state index in [2.05, 4.69) is 5.32 Å². The number of benzene rings is 2. The average molecular weight is 289 g/mol. The van der Waals surface area contributed by atoms with Crippen LogP contribution in [-0.2, 0) is 4.79 Å². The standard InChI is InChI=1S/C15H13ClN2O2/c16-13(10-4-2-1-3-5-10)15(20)18-12-8-6-11(7-9-12)14(17)19/h1-9,13H,(H2,17,19)(H,18,20). The number of nitrogens with one attached hydrogen (secondary N) is 1. The predicted molar refractivity (Wildman–Crippen MR) is 78.6 cm³/mol. The van der Waals surface area contributed by atoms with Gasteiger partial charge in [-0.2, -0.15) is 0 Å². The van der Waals surface area contributed by atoms with E-state index in [0.29, 0.717) is 11.3 Å². The lowest BCUT2D eigenvalue weighted by molar-refractivity contribution is -0.116. The second-order valence-electron chi connectivity index (χ2n) is 4.20. The van der Waals surface area contributed by atoms with Crippen molar-refractivity contribution in [1.82, 2.24) is 0 Å². The zero-order chi connectivity index (χ0) is 14.5. The van der Waals surface area contributed by atoms with E-state index in [1.807, 2.05) is 18.2 Å². The fourth-order valence-corrected chi connectivity index (χ4v) is 1.90. The first kappa shape index (κ1) is 14.1. The zero-order valence-electron chi connectivity index (χ0n) is 10.5. The second kappa shape index (κ2) is 6.21. The van der Waals surface area contributed by atoms with Crippen LogP contribution in [0, 0.1) is 0 Å². The van der Waals surface area contributed by atoms with E-state index in [0.717, 1.165) is 5.56 Å². The Morgan fingerprint density at radius 2 is 1.60 bits per heavy atom. The summed E-state index contributed by atoms with van der Waals surface area (Å²) in [6.45, 7) is 0. The molecule has 0 radical (unpaired) electrons. The first-order chi connectivity index (χ1) is 9.58. The molecule has 2 aromatic carbocycles. The molecule has 102 valence electrons. The molecule has 4 nitrogen and oxygen atoms in total. The van der Waals surface area contributed by atoms with Crippen molar-refractivity contribution in [2.45, 2.75) is 5.38 Å². The lowest BCUT2D eigenvalue weighted by Gasteiger charge is -2.11. The van der Waals surface area contributed by atoms with Crippen LogP contribution in [-0.4, -0.2) is 11.8 Å². The summed E-state index contributed by atoms with van der Waals surface area (Å²) in [4.78, 5) is 22.9. The molecule has 0 aliphatic carbocycles. The SMILES string of the molecule is NC(=O)c1ccc(NC(=O)C(Cl)c2ccccc2)cc1. The molecule has 0 aromatic heterocycles. The molecular formula is C15H13ClN2O2. The third-order valence-electron chi connectivity index (χ3n) is 2.76. The number of nitrogens with two attached hydrogens (primary N) is 1. The molecule has 3 N–H and O–H groups in total. The van der Waals surface area contributed by atoms with Gasteiger partial charge in [-0.05, 0) is 29.8 Å². The van der Waals surface area contributed by atoms with Gasteiger partial charge in [0.05, 0.1) is 0 Å². The molecule has 0 aliphatic heterocycles. The Hall–Kier alpha value is -2.33. The Bertz CT molecular complexity index is 612. The van der Waals surface area contributed by atoms with Crippen molar-refractivity contribution >= 4 is 29.1 Å². The number of primary amides is 1. The molecule has 0 bridgehead atoms. The van der Waals surface area contributed by atoms with Crippen LogP contribution >= 0.6 is 11.6 Å². The molecule has 0 heterocycles. The average Bonchev–Trinajstić information content (AvgIpc) is 2.48. The highest BCUT2D eigenvalue weighted by Crippen LogP contribution is 2.22. The minimum absolute atomic E-state index is 0.329. The zero-order valence-corrected chi connectivity index (χ0v) is 11.3. The molecule has 20 heavy (non-hydrogen) atoms. The van der Waals surface area contributed by atoms with E-state index in [4.69, 9.17) is 17.3 Å². The van der Waals surface area contributed by atoms with Gasteiger partial charge >= 0.3 is 0 Å². The van der Waals surface area contributed by atoms with Crippen LogP contribution < -0.4 is 11.1 Å². The minimum atomic E-state index is -0.771. The van der Waals surface area contributed by atoms with Crippen molar-refractivity contribution in [3.8, 4) is 0 Å². The maximum Gasteiger partial charge on any atom is 0.248 e. The number of anilines is 1. The van der Waals surface area contributed by atoms with E-state index in [1.165, 1.54) is 0 Å². The third kappa shape index (κ3) is 3.36. The fraction of sp³-hybridized carbons (Fsp3) is 0.0667. The summed E-state index contributed by atoms with van der Waals surface area (Å²) in [6.07, 6.45) is 0. The number of hydrogen-bond donors (Lipinski definition) is 2. The quantitative estimate of drug-likeness (QED) is 0.849. The molecule has 2 aromatic rings. The molecule has 0 saturated heterocycles. The molecule has 5 heteroatoms. The summed E-state index contributed by atoms with van der Waals surface area (Å²) in [5, 5.41) is 1.91. The molecule has 2 amide bonds. The van der Waals surface area contributed by atoms with Gasteiger partial charge in [0.1, 0.15) is 5.38 Å². The summed E-state index contributed by atoms with van der Waals surface area (Å²) >= 11 is 6.10. The lowest BCUT2D eigenvalue weighted by atomic mass is 10.1. The van der Waals surface area contributed by atoms with Crippen molar-refractivity contribution in [3.63, 3.8) is 0 Å². The highest BCUT2D eigenvalue weighted by molar-refractivity contribution is 6.32. The lowest BCUT2D eigenvalue weighted by Crippen LogP contribution is -2.17. The van der Waals surface area contributed by atoms with E-state index in [-0.39, 0.29) is 5.91 Å². The predicted octanol–water partition coefficient (Wildman–Crippen LogP) is 2.70. The minimum Gasteiger partial charge on any atom is -0.366 e. The Morgan fingerprint density at radius 1 is 1.00 bits per heavy atom. The Balaban J connectivity index is 2.06. The summed E-state index contributed by atoms with van der Waals surface area (Å²) in [5.41, 5.74) is 6.80. The molecular weight excluding hydrogens is 276 g/mol. The monoisotopic (exact) mass is 288 g/mol. The van der Waals surface area contributed by atoms with Crippen molar-refractivity contribution < 1.29 is 9.59 Å². The maximum atomic E-state index is 12.0. The Kier molecular flexibility index (Phi) is 4.38. The van der Waals surface area contributed by atoms with Crippen molar-refractivity contribution in [3.05, 3.63) is 65.7 Å². The van der Waals surface area contributed by atoms with Crippen LogP contribution in [0.15, 0.2) is 54.6 Å². The first-order valence-corrected chi connectivity index (χ1v) is 6.41. The molecule has 1 unspecified atom stereocenters. The van der Waals surface area contributed by atoms with Crippen LogP contribution in [0.5, 0.6) is 0 Å². The summed E-state index contributed by atoms with van der Waals surface area (Å²) in [7, 11) is 0. The smallest absolute Gasteiger partial charge is 0.248 e. The molecule has 0 spiro atoms. The Labute approximate surface area is 121 Å². The van der Waals surface area contributed by atoms with Gasteiger partial charge in [-0.15, -0.1) is 11.6 Å². The van der Waals surface area contributed by atoms with Crippen LogP contribution in [0.2, 0.25) is 0 Å². The highest BCUT2D eigenvalue weighted by atomic mass is 35.5. The highest BCUT2D eigenvalue weighted by Gasteiger charge is 2.17. The topological polar surface area (TPSA) is 72.2 Å². The molecule has 0 fully saturated rings. The van der Waals surface area contributed by atoms with Crippen molar-refractivity contribution in [2.75, 3.05) is 5.32 Å². The van der Waals surface area contributed by atoms with Gasteiger partial charge in [-0.1, -0.05) is 30.3 Å². The van der Waals surface area contributed by atoms with E-state index in [1.54, 1.807) is 36.4 Å². The van der Waals surface area contributed by atoms with Crippen molar-refractivity contribution in [2.24, 2.45) is 5.73 Å². The van der Waals surface area contributed by atoms with E-state index in [9.17, 15) is 9.59 Å². The van der Waals surface area contributed by atoms with E-state index >= 15 is 0 Å². The largest absolute Gasteiger partial charge is 0.366 e. The van der Waals surface area contributed by atoms with Gasteiger partial charge in [0, 0.05) is 11.3 Å². The second-order valence-corrected chi connectivity index (χ2v) is 4.64. The number of amides is 2. The van der Waals surface area contributed by atoms with Gasteiger partial charge in [0.15, 0.2) is 0 Å². The van der Waals surface area contributed by atoms with Crippen molar-refractivity contribution in [1.29, 1.82) is 0 Å². The number of halogens is 1. The Morgan fingerprint density at radius 3 is 2.15 bits per heavy atom. The molecule has 2 rings (SSSR count). The first-order valence-electron chi connectivity index (χ1n) is 5.97. The van der Waals surface area contributed by atoms with E-state index < -0.39 is 11.3 Å². The van der Waals surface area contributed by atoms with Gasteiger partial charge in [-0.25, -0.2) is 0 Å². The number of carbonyl (C=O) groups excluding carboxylic acids is 2. The fourth-order valence-electron chi connectivity index (χ4n) is 1.70. The normalized spacial score (nSPS) is 11.7. The number of rotatable bonds is 4. The molecule has 0 saturated carbocycles. The molecule has 1 atom stereocenters. The number of alkyl halides is 1. The number of carbonyl (C=O) groups is 2.